The third kappa shape index (κ3) is 3.79. The summed E-state index contributed by atoms with van der Waals surface area (Å²) in [4.78, 5) is 18.9. The van der Waals surface area contributed by atoms with Gasteiger partial charge in [-0.05, 0) is 78.7 Å². The van der Waals surface area contributed by atoms with Crippen molar-refractivity contribution < 1.29 is 14.7 Å². The Morgan fingerprint density at radius 1 is 1.28 bits per heavy atom. The van der Waals surface area contributed by atoms with E-state index in [-0.39, 0.29) is 22.2 Å². The molecule has 0 bridgehead atoms. The highest BCUT2D eigenvalue weighted by atomic mass is 79.9. The quantitative estimate of drug-likeness (QED) is 0.390. The first-order valence-electron chi connectivity index (χ1n) is 13.6. The van der Waals surface area contributed by atoms with Gasteiger partial charge in [0.05, 0.1) is 6.10 Å². The molecule has 0 saturated heterocycles. The molecule has 0 amide bonds. The Bertz CT molecular complexity index is 1140. The van der Waals surface area contributed by atoms with Crippen molar-refractivity contribution in [1.29, 1.82) is 0 Å². The van der Waals surface area contributed by atoms with E-state index in [1.54, 1.807) is 0 Å². The number of fused-ring (bicyclic) bond motifs is 5. The molecule has 4 nitrogen and oxygen atoms in total. The lowest BCUT2D eigenvalue weighted by Gasteiger charge is -2.60. The van der Waals surface area contributed by atoms with Gasteiger partial charge in [0, 0.05) is 27.6 Å². The average Bonchev–Trinajstić information content (AvgIpc) is 3.04. The molecule has 0 radical (unpaired) electrons. The van der Waals surface area contributed by atoms with E-state index in [9.17, 15) is 9.90 Å². The maximum absolute atomic E-state index is 13.3. The zero-order valence-electron chi connectivity index (χ0n) is 22.3. The van der Waals surface area contributed by atoms with Crippen LogP contribution in [0.1, 0.15) is 72.3 Å². The number of aliphatic hydroxyl groups excluding tert-OH is 1. The number of carbonyl (C=O) groups excluding carboxylic acids is 1. The van der Waals surface area contributed by atoms with Crippen LogP contribution in [0.2, 0.25) is 0 Å². The molecule has 1 N–H and O–H groups in total. The third-order valence-electron chi connectivity index (χ3n) is 10.9. The molecule has 0 spiro atoms. The van der Waals surface area contributed by atoms with Crippen molar-refractivity contribution in [2.24, 2.45) is 45.1 Å². The minimum absolute atomic E-state index is 0.150. The van der Waals surface area contributed by atoms with Gasteiger partial charge in [-0.2, -0.15) is 0 Å². The average molecular weight is 555 g/mol. The van der Waals surface area contributed by atoms with Crippen LogP contribution >= 0.6 is 15.9 Å². The Balaban J connectivity index is 1.38. The van der Waals surface area contributed by atoms with Crippen LogP contribution in [0.5, 0.6) is 0 Å². The maximum Gasteiger partial charge on any atom is 0.142 e. The summed E-state index contributed by atoms with van der Waals surface area (Å²) in [6, 6.07) is 8.06. The number of allylic oxidation sites excluding steroid dienone is 4. The van der Waals surface area contributed by atoms with Crippen LogP contribution in [0.3, 0.4) is 0 Å². The fourth-order valence-electron chi connectivity index (χ4n) is 8.72. The van der Waals surface area contributed by atoms with Crippen LogP contribution in [0.25, 0.3) is 0 Å². The predicted octanol–water partition coefficient (Wildman–Crippen LogP) is 7.26. The zero-order chi connectivity index (χ0) is 25.9. The molecule has 3 saturated carbocycles. The summed E-state index contributed by atoms with van der Waals surface area (Å²) in [6.07, 6.45) is 10.5. The van der Waals surface area contributed by atoms with Gasteiger partial charge >= 0.3 is 0 Å². The fraction of sp³-hybridized carbons (Fsp3) is 0.613. The first-order chi connectivity index (χ1) is 17.0. The van der Waals surface area contributed by atoms with Gasteiger partial charge in [0.15, 0.2) is 0 Å². The molecular formula is C31H40BrNO3. The molecule has 36 heavy (non-hydrogen) atoms. The molecule has 0 unspecified atom stereocenters. The van der Waals surface area contributed by atoms with Crippen LogP contribution in [-0.2, 0) is 16.2 Å². The molecule has 0 aromatic heterocycles. The predicted molar refractivity (Wildman–Crippen MR) is 147 cm³/mol. The van der Waals surface area contributed by atoms with Crippen molar-refractivity contribution >= 4 is 27.4 Å². The highest BCUT2D eigenvalue weighted by molar-refractivity contribution is 9.10. The van der Waals surface area contributed by atoms with Crippen molar-refractivity contribution in [2.75, 3.05) is 0 Å². The van der Waals surface area contributed by atoms with Crippen molar-refractivity contribution in [3.8, 4) is 0 Å². The van der Waals surface area contributed by atoms with Gasteiger partial charge in [0.1, 0.15) is 18.1 Å². The van der Waals surface area contributed by atoms with E-state index in [4.69, 9.17) is 4.84 Å². The lowest BCUT2D eigenvalue weighted by molar-refractivity contribution is -0.155. The summed E-state index contributed by atoms with van der Waals surface area (Å²) in [7, 11) is 0. The van der Waals surface area contributed by atoms with Crippen molar-refractivity contribution in [3.05, 3.63) is 58.1 Å². The van der Waals surface area contributed by atoms with Crippen molar-refractivity contribution in [3.63, 3.8) is 0 Å². The van der Waals surface area contributed by atoms with Crippen molar-refractivity contribution in [1.82, 2.24) is 0 Å². The first-order valence-corrected chi connectivity index (χ1v) is 14.4. The van der Waals surface area contributed by atoms with Gasteiger partial charge in [-0.1, -0.05) is 79.5 Å². The van der Waals surface area contributed by atoms with Crippen LogP contribution in [0.4, 0.5) is 0 Å². The summed E-state index contributed by atoms with van der Waals surface area (Å²) < 4.78 is 1.03. The van der Waals surface area contributed by atoms with E-state index in [1.165, 1.54) is 5.57 Å². The molecule has 8 atom stereocenters. The molecule has 3 fully saturated rings. The van der Waals surface area contributed by atoms with Gasteiger partial charge < -0.3 is 9.94 Å². The summed E-state index contributed by atoms with van der Waals surface area (Å²) in [6.45, 7) is 11.5. The second-order valence-corrected chi connectivity index (χ2v) is 13.3. The van der Waals surface area contributed by atoms with Crippen LogP contribution in [0.15, 0.2) is 57.7 Å². The SMILES string of the molecule is CCC(=O)[C@@]1(C)[C@H](C)C[C@H]2[C@@H]3CCC4=CC(=NOCc5cccc(Br)c5)C=C[C@]4(C)[C@H]3[C@@H](O)C[C@@]21C. The first kappa shape index (κ1) is 25.9. The summed E-state index contributed by atoms with van der Waals surface area (Å²) in [5.74, 6) is 1.78. The number of carbonyl (C=O) groups is 1. The maximum atomic E-state index is 13.3. The van der Waals surface area contributed by atoms with Gasteiger partial charge in [-0.15, -0.1) is 0 Å². The molecular weight excluding hydrogens is 514 g/mol. The van der Waals surface area contributed by atoms with E-state index in [0.717, 1.165) is 35.0 Å². The molecule has 4 aliphatic rings. The third-order valence-corrected chi connectivity index (χ3v) is 11.4. The normalized spacial score (nSPS) is 42.4. The van der Waals surface area contributed by atoms with Gasteiger partial charge in [-0.25, -0.2) is 0 Å². The highest BCUT2D eigenvalue weighted by Gasteiger charge is 2.68. The second-order valence-electron chi connectivity index (χ2n) is 12.3. The summed E-state index contributed by atoms with van der Waals surface area (Å²) in [5, 5.41) is 16.1. The Labute approximate surface area is 224 Å². The Kier molecular flexibility index (Phi) is 6.65. The number of benzene rings is 1. The second kappa shape index (κ2) is 9.23. The van der Waals surface area contributed by atoms with Gasteiger partial charge in [0.25, 0.3) is 0 Å². The minimum atomic E-state index is -0.421. The van der Waals surface area contributed by atoms with Gasteiger partial charge in [-0.3, -0.25) is 4.79 Å². The molecule has 0 aliphatic heterocycles. The lowest BCUT2D eigenvalue weighted by Crippen LogP contribution is -2.58. The van der Waals surface area contributed by atoms with E-state index >= 15 is 0 Å². The molecule has 5 rings (SSSR count). The Hall–Kier alpha value is -1.72. The molecule has 1 aromatic carbocycles. The number of hydrogen-bond donors (Lipinski definition) is 1. The van der Waals surface area contributed by atoms with Crippen molar-refractivity contribution in [2.45, 2.75) is 79.4 Å². The molecule has 1 aromatic rings. The van der Waals surface area contributed by atoms with E-state index in [2.05, 4.69) is 67.0 Å². The highest BCUT2D eigenvalue weighted by Crippen LogP contribution is 2.71. The largest absolute Gasteiger partial charge is 0.393 e. The zero-order valence-corrected chi connectivity index (χ0v) is 23.8. The van der Waals surface area contributed by atoms with Crippen LogP contribution in [0, 0.1) is 39.9 Å². The Morgan fingerprint density at radius 3 is 2.78 bits per heavy atom. The number of oxime groups is 1. The standard InChI is InChI=1S/C31H40BrNO3/c1-6-27(35)31(5)19(2)14-25-24-11-10-21-16-23(33-36-18-20-8-7-9-22(32)15-20)12-13-29(21,3)28(24)26(34)17-30(25,31)4/h7-9,12-13,15-16,19,24-26,28,34H,6,10-11,14,17-18H2,1-5H3/t19-,24+,25+,26+,28-,29+,30+,31-/m1/s1. The molecule has 5 heteroatoms. The van der Waals surface area contributed by atoms with E-state index in [1.807, 2.05) is 31.2 Å². The number of halogens is 1. The number of ketones is 1. The van der Waals surface area contributed by atoms with Gasteiger partial charge in [0.2, 0.25) is 0 Å². The molecule has 0 heterocycles. The topological polar surface area (TPSA) is 58.9 Å². The number of Topliss-reactive ketones (excluding diaryl/α,β-unsaturated/α-hetero) is 1. The van der Waals surface area contributed by atoms with E-state index in [0.29, 0.717) is 43.0 Å². The summed E-state index contributed by atoms with van der Waals surface area (Å²) >= 11 is 3.50. The monoisotopic (exact) mass is 553 g/mol. The minimum Gasteiger partial charge on any atom is -0.393 e. The molecule has 4 aliphatic carbocycles. The van der Waals surface area contributed by atoms with Crippen LogP contribution < -0.4 is 0 Å². The fourth-order valence-corrected chi connectivity index (χ4v) is 9.17. The number of nitrogens with zero attached hydrogens (tertiary/aromatic N) is 1. The summed E-state index contributed by atoms with van der Waals surface area (Å²) in [5.41, 5.74) is 2.55. The number of hydrogen-bond acceptors (Lipinski definition) is 4. The Morgan fingerprint density at radius 2 is 2.06 bits per heavy atom. The number of aliphatic hydroxyl groups is 1. The number of rotatable bonds is 5. The van der Waals surface area contributed by atoms with E-state index < -0.39 is 6.10 Å². The lowest BCUT2D eigenvalue weighted by atomic mass is 9.44. The smallest absolute Gasteiger partial charge is 0.142 e. The molecule has 194 valence electrons. The van der Waals surface area contributed by atoms with Crippen LogP contribution in [-0.4, -0.2) is 22.7 Å².